The Balaban J connectivity index is 2.40. The van der Waals surface area contributed by atoms with Crippen molar-refractivity contribution in [3.63, 3.8) is 0 Å². The molecule has 146 valence electrons. The quantitative estimate of drug-likeness (QED) is 0.474. The van der Waals surface area contributed by atoms with Crippen LogP contribution in [0.25, 0.3) is 0 Å². The molecule has 2 nitrogen and oxygen atoms in total. The summed E-state index contributed by atoms with van der Waals surface area (Å²) in [5.74, 6) is -1.21. The van der Waals surface area contributed by atoms with E-state index in [1.807, 2.05) is 0 Å². The minimum Gasteiger partial charge on any atom is -0.376 e. The van der Waals surface area contributed by atoms with Gasteiger partial charge in [0.25, 0.3) is 0 Å². The summed E-state index contributed by atoms with van der Waals surface area (Å²) in [6, 6.07) is 5.37. The second-order valence-electron chi connectivity index (χ2n) is 5.69. The number of Topliss-reactive ketones (excluding diaryl/α,β-unsaturated/α-hetero) is 1. The highest BCUT2D eigenvalue weighted by molar-refractivity contribution is 6.34. The highest BCUT2D eigenvalue weighted by Gasteiger charge is 2.56. The van der Waals surface area contributed by atoms with Crippen LogP contribution in [0, 0.1) is 0 Å². The van der Waals surface area contributed by atoms with Crippen molar-refractivity contribution in [3.8, 4) is 0 Å². The molecule has 0 spiro atoms. The van der Waals surface area contributed by atoms with Crippen LogP contribution in [0.3, 0.4) is 0 Å². The van der Waals surface area contributed by atoms with Crippen molar-refractivity contribution in [2.75, 3.05) is 0 Å². The molecule has 0 aromatic heterocycles. The molecule has 0 aliphatic carbocycles. The number of rotatable bonds is 4. The zero-order valence-corrected chi connectivity index (χ0v) is 14.6. The Labute approximate surface area is 159 Å². The van der Waals surface area contributed by atoms with Gasteiger partial charge in [0.2, 0.25) is 0 Å². The Morgan fingerprint density at radius 1 is 0.852 bits per heavy atom. The van der Waals surface area contributed by atoms with Crippen molar-refractivity contribution < 1.29 is 36.2 Å². The molecule has 0 aliphatic heterocycles. The summed E-state index contributed by atoms with van der Waals surface area (Å²) in [5, 5.41) is 9.86. The maximum Gasteiger partial charge on any atom is 0.421 e. The fourth-order valence-electron chi connectivity index (χ4n) is 2.34. The second-order valence-corrected chi connectivity index (χ2v) is 6.56. The Kier molecular flexibility index (Phi) is 5.85. The summed E-state index contributed by atoms with van der Waals surface area (Å²) >= 11 is 11.3. The number of carbonyl (C=O) groups excluding carboxylic acids is 1. The molecule has 1 N–H and O–H groups in total. The van der Waals surface area contributed by atoms with Crippen molar-refractivity contribution in [1.29, 1.82) is 0 Å². The van der Waals surface area contributed by atoms with E-state index in [9.17, 15) is 36.2 Å². The molecule has 1 atom stereocenters. The van der Waals surface area contributed by atoms with Gasteiger partial charge in [-0.25, -0.2) is 0 Å². The molecule has 0 bridgehead atoms. The summed E-state index contributed by atoms with van der Waals surface area (Å²) in [6.45, 7) is 0. The Hall–Kier alpha value is -1.77. The fraction of sp³-hybridized carbons (Fsp3) is 0.235. The van der Waals surface area contributed by atoms with Gasteiger partial charge in [-0.1, -0.05) is 35.3 Å². The van der Waals surface area contributed by atoms with E-state index in [-0.39, 0.29) is 10.0 Å². The molecule has 0 unspecified atom stereocenters. The smallest absolute Gasteiger partial charge is 0.376 e. The average Bonchev–Trinajstić information content (AvgIpc) is 2.52. The number of benzene rings is 2. The topological polar surface area (TPSA) is 37.3 Å². The lowest BCUT2D eigenvalue weighted by atomic mass is 9.86. The fourth-order valence-corrected chi connectivity index (χ4v) is 2.86. The zero-order valence-electron chi connectivity index (χ0n) is 13.1. The van der Waals surface area contributed by atoms with E-state index in [1.54, 1.807) is 0 Å². The van der Waals surface area contributed by atoms with Gasteiger partial charge in [-0.2, -0.15) is 26.3 Å². The minimum atomic E-state index is -5.28. The lowest BCUT2D eigenvalue weighted by Gasteiger charge is -2.30. The predicted octanol–water partition coefficient (Wildman–Crippen LogP) is 6.04. The van der Waals surface area contributed by atoms with Crippen LogP contribution in [0.2, 0.25) is 10.0 Å². The van der Waals surface area contributed by atoms with Gasteiger partial charge in [0.1, 0.15) is 0 Å². The van der Waals surface area contributed by atoms with E-state index in [0.717, 1.165) is 30.3 Å². The Morgan fingerprint density at radius 3 is 1.74 bits per heavy atom. The summed E-state index contributed by atoms with van der Waals surface area (Å²) in [7, 11) is 0. The van der Waals surface area contributed by atoms with Gasteiger partial charge in [0.05, 0.1) is 12.0 Å². The molecule has 0 aliphatic rings. The molecule has 0 saturated carbocycles. The van der Waals surface area contributed by atoms with Crippen LogP contribution in [-0.2, 0) is 11.8 Å². The minimum absolute atomic E-state index is 0.192. The monoisotopic (exact) mass is 430 g/mol. The van der Waals surface area contributed by atoms with Crippen LogP contribution in [0.1, 0.15) is 27.9 Å². The van der Waals surface area contributed by atoms with Gasteiger partial charge in [-0.15, -0.1) is 0 Å². The average molecular weight is 431 g/mol. The van der Waals surface area contributed by atoms with Gasteiger partial charge in [-0.3, -0.25) is 4.79 Å². The molecule has 2 aromatic carbocycles. The summed E-state index contributed by atoms with van der Waals surface area (Å²) in [5.41, 5.74) is -5.86. The summed E-state index contributed by atoms with van der Waals surface area (Å²) in [4.78, 5) is 12.2. The van der Waals surface area contributed by atoms with E-state index in [0.29, 0.717) is 12.1 Å². The van der Waals surface area contributed by atoms with Crippen molar-refractivity contribution >= 4 is 29.0 Å². The third-order valence-corrected chi connectivity index (χ3v) is 4.20. The second kappa shape index (κ2) is 7.33. The SMILES string of the molecule is O=C(C[C@](O)(c1cc(Cl)cc(Cl)c1)C(F)(F)F)c1ccc(C(F)(F)F)cc1. The third-order valence-electron chi connectivity index (χ3n) is 3.76. The van der Waals surface area contributed by atoms with E-state index >= 15 is 0 Å². The van der Waals surface area contributed by atoms with Gasteiger partial charge in [0.15, 0.2) is 11.4 Å². The number of alkyl halides is 6. The molecule has 10 heteroatoms. The van der Waals surface area contributed by atoms with E-state index in [4.69, 9.17) is 23.2 Å². The van der Waals surface area contributed by atoms with Gasteiger partial charge in [0, 0.05) is 15.6 Å². The molecule has 2 aromatic rings. The molecular weight excluding hydrogens is 421 g/mol. The van der Waals surface area contributed by atoms with Gasteiger partial charge >= 0.3 is 12.4 Å². The molecule has 2 rings (SSSR count). The lowest BCUT2D eigenvalue weighted by molar-refractivity contribution is -0.264. The van der Waals surface area contributed by atoms with Crippen LogP contribution in [0.15, 0.2) is 42.5 Å². The Bertz CT molecular complexity index is 826. The van der Waals surface area contributed by atoms with Crippen LogP contribution < -0.4 is 0 Å². The normalized spacial score (nSPS) is 14.7. The number of hydrogen-bond donors (Lipinski definition) is 1. The standard InChI is InChI=1S/C17H10Cl2F6O2/c18-12-5-11(6-13(19)7-12)15(27,17(23,24)25)8-14(26)9-1-3-10(4-2-9)16(20,21)22/h1-7,27H,8H2/t15-/m0/s1. The highest BCUT2D eigenvalue weighted by Crippen LogP contribution is 2.44. The largest absolute Gasteiger partial charge is 0.421 e. The van der Waals surface area contributed by atoms with Crippen LogP contribution in [0.4, 0.5) is 26.3 Å². The van der Waals surface area contributed by atoms with Crippen molar-refractivity contribution in [3.05, 3.63) is 69.2 Å². The number of aliphatic hydroxyl groups is 1. The molecule has 0 radical (unpaired) electrons. The van der Waals surface area contributed by atoms with Crippen LogP contribution in [-0.4, -0.2) is 17.1 Å². The molecule has 0 amide bonds. The molecule has 0 saturated heterocycles. The van der Waals surface area contributed by atoms with Gasteiger partial charge in [-0.05, 0) is 35.9 Å². The molecule has 0 heterocycles. The first kappa shape index (κ1) is 21.5. The zero-order chi connectivity index (χ0) is 20.6. The molecule has 0 fully saturated rings. The van der Waals surface area contributed by atoms with Crippen molar-refractivity contribution in [2.45, 2.75) is 24.4 Å². The van der Waals surface area contributed by atoms with Crippen molar-refractivity contribution in [1.82, 2.24) is 0 Å². The number of halogens is 8. The lowest BCUT2D eigenvalue weighted by Crippen LogP contribution is -2.44. The van der Waals surface area contributed by atoms with Crippen LogP contribution in [0.5, 0.6) is 0 Å². The summed E-state index contributed by atoms with van der Waals surface area (Å²) in [6.07, 6.45) is -11.4. The number of ketones is 1. The maximum absolute atomic E-state index is 13.5. The van der Waals surface area contributed by atoms with E-state index in [2.05, 4.69) is 0 Å². The maximum atomic E-state index is 13.5. The van der Waals surface area contributed by atoms with Gasteiger partial charge < -0.3 is 5.11 Å². The van der Waals surface area contributed by atoms with Crippen LogP contribution >= 0.6 is 23.2 Å². The number of hydrogen-bond acceptors (Lipinski definition) is 2. The Morgan fingerprint density at radius 2 is 1.33 bits per heavy atom. The van der Waals surface area contributed by atoms with Crippen molar-refractivity contribution in [2.24, 2.45) is 0 Å². The predicted molar refractivity (Wildman–Crippen MR) is 86.8 cm³/mol. The van der Waals surface area contributed by atoms with E-state index < -0.39 is 46.8 Å². The third kappa shape index (κ3) is 4.75. The highest BCUT2D eigenvalue weighted by atomic mass is 35.5. The van der Waals surface area contributed by atoms with E-state index in [1.165, 1.54) is 0 Å². The first-order valence-electron chi connectivity index (χ1n) is 7.20. The first-order valence-corrected chi connectivity index (χ1v) is 7.96. The molecule has 27 heavy (non-hydrogen) atoms. The number of carbonyl (C=O) groups is 1. The molecular formula is C17H10Cl2F6O2. The summed E-state index contributed by atoms with van der Waals surface area (Å²) < 4.78 is 78.2. The first-order chi connectivity index (χ1) is 12.2.